The monoisotopic (exact) mass is 426 g/mol. The minimum Gasteiger partial charge on any atom is -0.507 e. The maximum Gasteiger partial charge on any atom is 0.302 e. The molecule has 0 bridgehead atoms. The Morgan fingerprint density at radius 1 is 1.06 bits per heavy atom. The quantitative estimate of drug-likeness (QED) is 0.293. The molecule has 3 heterocycles. The normalized spacial score (nSPS) is 17.8. The predicted octanol–water partition coefficient (Wildman–Crippen LogP) is 3.59. The molecule has 1 fully saturated rings. The molecule has 8 heteroatoms. The number of ether oxygens (including phenoxy) is 1. The van der Waals surface area contributed by atoms with Crippen molar-refractivity contribution in [3.05, 3.63) is 89.8 Å². The van der Waals surface area contributed by atoms with E-state index in [-0.39, 0.29) is 17.3 Å². The minimum atomic E-state index is -0.897. The molecule has 1 saturated heterocycles. The number of methoxy groups -OCH3 is 1. The van der Waals surface area contributed by atoms with Gasteiger partial charge in [-0.1, -0.05) is 18.2 Å². The molecule has 2 N–H and O–H groups in total. The Balaban J connectivity index is 1.70. The molecule has 0 radical (unpaired) electrons. The second-order valence-corrected chi connectivity index (χ2v) is 7.26. The maximum atomic E-state index is 13.1. The molecule has 1 atom stereocenters. The number of imidazole rings is 1. The zero-order valence-corrected chi connectivity index (χ0v) is 17.0. The van der Waals surface area contributed by atoms with Crippen LogP contribution in [-0.4, -0.2) is 38.9 Å². The smallest absolute Gasteiger partial charge is 0.302 e. The Kier molecular flexibility index (Phi) is 4.67. The van der Waals surface area contributed by atoms with Gasteiger partial charge < -0.3 is 14.8 Å². The summed E-state index contributed by atoms with van der Waals surface area (Å²) in [6.45, 7) is 0. The van der Waals surface area contributed by atoms with Crippen LogP contribution in [0.1, 0.15) is 17.2 Å². The molecule has 2 aromatic heterocycles. The highest BCUT2D eigenvalue weighted by Crippen LogP contribution is 2.41. The number of nitrogens with zero attached hydrogens (tertiary/aromatic N) is 3. The summed E-state index contributed by atoms with van der Waals surface area (Å²) in [6, 6.07) is 16.5. The van der Waals surface area contributed by atoms with Crippen LogP contribution in [0.15, 0.2) is 78.6 Å². The third-order valence-electron chi connectivity index (χ3n) is 5.41. The number of ketones is 1. The summed E-state index contributed by atoms with van der Waals surface area (Å²) in [7, 11) is 1.54. The molecule has 1 aliphatic rings. The van der Waals surface area contributed by atoms with Gasteiger partial charge in [0.25, 0.3) is 5.78 Å². The fraction of sp³-hybridized carbons (Fsp3) is 0.0833. The highest BCUT2D eigenvalue weighted by molar-refractivity contribution is 6.51. The van der Waals surface area contributed by atoms with Gasteiger partial charge in [0.1, 0.15) is 11.5 Å². The number of carbonyl (C=O) groups is 2. The number of pyridine rings is 1. The molecule has 1 aliphatic heterocycles. The topological polar surface area (TPSA) is 108 Å². The van der Waals surface area contributed by atoms with Crippen molar-refractivity contribution in [3.8, 4) is 5.75 Å². The molecule has 0 saturated carbocycles. The van der Waals surface area contributed by atoms with Gasteiger partial charge in [-0.15, -0.1) is 0 Å². The zero-order valence-electron chi connectivity index (χ0n) is 17.0. The number of hydrogen-bond acceptors (Lipinski definition) is 6. The Morgan fingerprint density at radius 3 is 2.53 bits per heavy atom. The number of amides is 1. The molecule has 5 rings (SSSR count). The first-order chi connectivity index (χ1) is 15.6. The SMILES string of the molecule is COc1ccc(/C(O)=C2\C(=O)C(=O)N(c3nc4ccccc4[nH]3)C2c2cccnc2)cc1. The highest BCUT2D eigenvalue weighted by Gasteiger charge is 2.48. The number of anilines is 1. The third kappa shape index (κ3) is 3.09. The zero-order chi connectivity index (χ0) is 22.2. The number of aromatic nitrogens is 3. The number of aromatic amines is 1. The van der Waals surface area contributed by atoms with E-state index in [2.05, 4.69) is 15.0 Å². The number of aliphatic hydroxyl groups excluding tert-OH is 1. The summed E-state index contributed by atoms with van der Waals surface area (Å²) in [6.07, 6.45) is 3.16. The van der Waals surface area contributed by atoms with Crippen LogP contribution in [0.4, 0.5) is 5.95 Å². The first-order valence-corrected chi connectivity index (χ1v) is 9.88. The lowest BCUT2D eigenvalue weighted by Gasteiger charge is -2.22. The highest BCUT2D eigenvalue weighted by atomic mass is 16.5. The van der Waals surface area contributed by atoms with Gasteiger partial charge in [-0.05, 0) is 48.0 Å². The number of fused-ring (bicyclic) bond motifs is 1. The van der Waals surface area contributed by atoms with Crippen molar-refractivity contribution in [1.82, 2.24) is 15.0 Å². The van der Waals surface area contributed by atoms with Gasteiger partial charge in [0.05, 0.1) is 29.8 Å². The van der Waals surface area contributed by atoms with Crippen LogP contribution in [0.25, 0.3) is 16.8 Å². The number of H-pyrrole nitrogens is 1. The Hall–Kier alpha value is -4.46. The standard InChI is InChI=1S/C24H18N4O4/c1-32-16-10-8-14(9-11-16)21(29)19-20(15-5-4-12-25-13-15)28(23(31)22(19)30)24-26-17-6-2-3-7-18(17)27-24/h2-13,20,29H,1H3,(H,26,27)/b21-19+. The van der Waals surface area contributed by atoms with Gasteiger partial charge in [-0.25, -0.2) is 4.98 Å². The third-order valence-corrected chi connectivity index (χ3v) is 5.41. The molecule has 158 valence electrons. The average Bonchev–Trinajstić information content (AvgIpc) is 3.38. The largest absolute Gasteiger partial charge is 0.507 e. The van der Waals surface area contributed by atoms with E-state index >= 15 is 0 Å². The van der Waals surface area contributed by atoms with Crippen molar-refractivity contribution in [3.63, 3.8) is 0 Å². The lowest BCUT2D eigenvalue weighted by atomic mass is 9.96. The second-order valence-electron chi connectivity index (χ2n) is 7.26. The fourth-order valence-corrected chi connectivity index (χ4v) is 3.86. The first-order valence-electron chi connectivity index (χ1n) is 9.88. The van der Waals surface area contributed by atoms with Crippen LogP contribution in [0, 0.1) is 0 Å². The van der Waals surface area contributed by atoms with E-state index < -0.39 is 17.7 Å². The molecule has 1 amide bonds. The van der Waals surface area contributed by atoms with Gasteiger partial charge in [-0.2, -0.15) is 0 Å². The fourth-order valence-electron chi connectivity index (χ4n) is 3.86. The molecule has 0 aliphatic carbocycles. The van der Waals surface area contributed by atoms with E-state index in [4.69, 9.17) is 4.74 Å². The summed E-state index contributed by atoms with van der Waals surface area (Å²) in [5.41, 5.74) is 2.31. The Morgan fingerprint density at radius 2 is 1.84 bits per heavy atom. The molecular formula is C24H18N4O4. The van der Waals surface area contributed by atoms with Crippen molar-refractivity contribution in [2.45, 2.75) is 6.04 Å². The van der Waals surface area contributed by atoms with Crippen LogP contribution in [-0.2, 0) is 9.59 Å². The lowest BCUT2D eigenvalue weighted by molar-refractivity contribution is -0.132. The summed E-state index contributed by atoms with van der Waals surface area (Å²) in [5.74, 6) is -1.04. The number of para-hydroxylation sites is 2. The Labute approximate surface area is 182 Å². The van der Waals surface area contributed by atoms with E-state index in [1.807, 2.05) is 24.3 Å². The van der Waals surface area contributed by atoms with Crippen LogP contribution in [0.3, 0.4) is 0 Å². The van der Waals surface area contributed by atoms with Crippen LogP contribution in [0.2, 0.25) is 0 Å². The summed E-state index contributed by atoms with van der Waals surface area (Å²) >= 11 is 0. The molecule has 1 unspecified atom stereocenters. The summed E-state index contributed by atoms with van der Waals surface area (Å²) < 4.78 is 5.16. The van der Waals surface area contributed by atoms with Gasteiger partial charge in [0, 0.05) is 18.0 Å². The maximum absolute atomic E-state index is 13.1. The van der Waals surface area contributed by atoms with Crippen molar-refractivity contribution in [1.29, 1.82) is 0 Å². The summed E-state index contributed by atoms with van der Waals surface area (Å²) in [5, 5.41) is 11.1. The average molecular weight is 426 g/mol. The van der Waals surface area contributed by atoms with E-state index in [0.717, 1.165) is 5.52 Å². The van der Waals surface area contributed by atoms with Crippen LogP contribution < -0.4 is 9.64 Å². The first kappa shape index (κ1) is 19.5. The number of aliphatic hydroxyl groups is 1. The van der Waals surface area contributed by atoms with E-state index in [1.54, 1.807) is 48.8 Å². The molecule has 8 nitrogen and oxygen atoms in total. The summed E-state index contributed by atoms with van der Waals surface area (Å²) in [4.78, 5) is 39.3. The molecule has 2 aromatic carbocycles. The predicted molar refractivity (Wildman–Crippen MR) is 118 cm³/mol. The number of benzene rings is 2. The number of nitrogens with one attached hydrogen (secondary N) is 1. The van der Waals surface area contributed by atoms with E-state index in [9.17, 15) is 14.7 Å². The van der Waals surface area contributed by atoms with Crippen LogP contribution in [0.5, 0.6) is 5.75 Å². The van der Waals surface area contributed by atoms with Crippen molar-refractivity contribution in [2.24, 2.45) is 0 Å². The van der Waals surface area contributed by atoms with E-state index in [0.29, 0.717) is 22.4 Å². The van der Waals surface area contributed by atoms with Gasteiger partial charge in [-0.3, -0.25) is 19.5 Å². The lowest BCUT2D eigenvalue weighted by Crippen LogP contribution is -2.30. The van der Waals surface area contributed by atoms with Crippen molar-refractivity contribution in [2.75, 3.05) is 12.0 Å². The number of rotatable bonds is 4. The van der Waals surface area contributed by atoms with Gasteiger partial charge >= 0.3 is 5.91 Å². The van der Waals surface area contributed by atoms with Gasteiger partial charge in [0.2, 0.25) is 5.95 Å². The van der Waals surface area contributed by atoms with Crippen molar-refractivity contribution < 1.29 is 19.4 Å². The van der Waals surface area contributed by atoms with Gasteiger partial charge in [0.15, 0.2) is 0 Å². The van der Waals surface area contributed by atoms with E-state index in [1.165, 1.54) is 12.0 Å². The Bertz CT molecular complexity index is 1330. The number of hydrogen-bond donors (Lipinski definition) is 2. The second kappa shape index (κ2) is 7.66. The molecule has 32 heavy (non-hydrogen) atoms. The number of carbonyl (C=O) groups excluding carboxylic acids is 2. The molecular weight excluding hydrogens is 408 g/mol. The molecule has 0 spiro atoms. The number of Topliss-reactive ketones (excluding diaryl/α,β-unsaturated/α-hetero) is 1. The van der Waals surface area contributed by atoms with Crippen molar-refractivity contribution >= 4 is 34.4 Å². The minimum absolute atomic E-state index is 0.0337. The van der Waals surface area contributed by atoms with Crippen LogP contribution >= 0.6 is 0 Å². The molecule has 4 aromatic rings.